The van der Waals surface area contributed by atoms with Gasteiger partial charge in [0.1, 0.15) is 19.3 Å². The maximum Gasteiger partial charge on any atom is 0.472 e. The van der Waals surface area contributed by atoms with E-state index in [1.807, 2.05) is 0 Å². The zero-order valence-corrected chi connectivity index (χ0v) is 64.1. The van der Waals surface area contributed by atoms with Crippen LogP contribution < -0.4 is 0 Å². The van der Waals surface area contributed by atoms with Crippen LogP contribution in [0.3, 0.4) is 0 Å². The predicted octanol–water partition coefficient (Wildman–Crippen LogP) is 23.0. The third-order valence-electron chi connectivity index (χ3n) is 18.1. The largest absolute Gasteiger partial charge is 0.472 e. The van der Waals surface area contributed by atoms with E-state index in [0.29, 0.717) is 25.7 Å². The molecule has 5 atom stereocenters. The van der Waals surface area contributed by atoms with E-state index in [-0.39, 0.29) is 25.7 Å². The number of phosphoric acid groups is 2. The van der Waals surface area contributed by atoms with Gasteiger partial charge in [-0.2, -0.15) is 0 Å². The van der Waals surface area contributed by atoms with Crippen molar-refractivity contribution in [3.05, 3.63) is 0 Å². The lowest BCUT2D eigenvalue weighted by Gasteiger charge is -2.21. The summed E-state index contributed by atoms with van der Waals surface area (Å²) < 4.78 is 68.6. The molecule has 0 heterocycles. The minimum absolute atomic E-state index is 0.108. The van der Waals surface area contributed by atoms with E-state index >= 15 is 0 Å². The molecule has 0 spiro atoms. The van der Waals surface area contributed by atoms with Crippen LogP contribution in [0.5, 0.6) is 0 Å². The maximum atomic E-state index is 13.1. The van der Waals surface area contributed by atoms with Crippen LogP contribution in [0.2, 0.25) is 0 Å². The van der Waals surface area contributed by atoms with Gasteiger partial charge >= 0.3 is 39.5 Å². The fourth-order valence-electron chi connectivity index (χ4n) is 11.9. The smallest absolute Gasteiger partial charge is 0.462 e. The third-order valence-corrected chi connectivity index (χ3v) is 20.0. The first-order chi connectivity index (χ1) is 46.7. The van der Waals surface area contributed by atoms with Gasteiger partial charge < -0.3 is 33.8 Å². The molecule has 0 radical (unpaired) electrons. The summed E-state index contributed by atoms with van der Waals surface area (Å²) in [6.07, 6.45) is 62.2. The van der Waals surface area contributed by atoms with Gasteiger partial charge in [-0.15, -0.1) is 0 Å². The second-order valence-electron chi connectivity index (χ2n) is 27.7. The number of hydrogen-bond acceptors (Lipinski definition) is 15. The fourth-order valence-corrected chi connectivity index (χ4v) is 13.5. The molecule has 0 rings (SSSR count). The van der Waals surface area contributed by atoms with Gasteiger partial charge in [-0.3, -0.25) is 37.3 Å². The van der Waals surface area contributed by atoms with Gasteiger partial charge in [-0.1, -0.05) is 362 Å². The number of ether oxygens (including phenoxy) is 4. The lowest BCUT2D eigenvalue weighted by Crippen LogP contribution is -2.30. The number of carbonyl (C=O) groups excluding carboxylic acids is 4. The monoisotopic (exact) mass is 1410 g/mol. The van der Waals surface area contributed by atoms with Crippen molar-refractivity contribution < 1.29 is 80.2 Å². The Morgan fingerprint density at radius 2 is 0.417 bits per heavy atom. The Labute approximate surface area is 588 Å². The van der Waals surface area contributed by atoms with Gasteiger partial charge in [0.15, 0.2) is 12.2 Å². The van der Waals surface area contributed by atoms with Gasteiger partial charge in [-0.05, 0) is 25.7 Å². The van der Waals surface area contributed by atoms with E-state index in [1.54, 1.807) is 0 Å². The molecule has 96 heavy (non-hydrogen) atoms. The highest BCUT2D eigenvalue weighted by Gasteiger charge is 2.30. The Morgan fingerprint density at radius 3 is 0.615 bits per heavy atom. The molecule has 17 nitrogen and oxygen atoms in total. The summed E-state index contributed by atoms with van der Waals surface area (Å²) in [7, 11) is -9.91. The summed E-state index contributed by atoms with van der Waals surface area (Å²) in [4.78, 5) is 72.9. The molecule has 0 aliphatic heterocycles. The van der Waals surface area contributed by atoms with Crippen LogP contribution >= 0.6 is 15.6 Å². The average Bonchev–Trinajstić information content (AvgIpc) is 1.66. The molecule has 0 aliphatic carbocycles. The Bertz CT molecular complexity index is 1830. The topological polar surface area (TPSA) is 237 Å². The highest BCUT2D eigenvalue weighted by molar-refractivity contribution is 7.47. The molecular weight excluding hydrogens is 1260 g/mol. The molecule has 0 aromatic heterocycles. The van der Waals surface area contributed by atoms with Gasteiger partial charge in [-0.25, -0.2) is 9.13 Å². The fraction of sp³-hybridized carbons (Fsp3) is 0.948. The zero-order valence-electron chi connectivity index (χ0n) is 62.4. The van der Waals surface area contributed by atoms with Crippen LogP contribution in [-0.4, -0.2) is 96.7 Å². The number of carbonyl (C=O) groups is 4. The van der Waals surface area contributed by atoms with Crippen molar-refractivity contribution in [2.75, 3.05) is 39.6 Å². The minimum atomic E-state index is -4.96. The average molecular weight is 1410 g/mol. The summed E-state index contributed by atoms with van der Waals surface area (Å²) >= 11 is 0. The molecule has 19 heteroatoms. The van der Waals surface area contributed by atoms with Crippen LogP contribution in [0.25, 0.3) is 0 Å². The number of esters is 4. The van der Waals surface area contributed by atoms with Crippen LogP contribution in [0, 0.1) is 0 Å². The van der Waals surface area contributed by atoms with Gasteiger partial charge in [0.25, 0.3) is 0 Å². The van der Waals surface area contributed by atoms with Crippen LogP contribution in [0.15, 0.2) is 0 Å². The van der Waals surface area contributed by atoms with Crippen LogP contribution in [-0.2, 0) is 65.4 Å². The van der Waals surface area contributed by atoms with Crippen LogP contribution in [0.4, 0.5) is 0 Å². The maximum absolute atomic E-state index is 13.1. The number of aliphatic hydroxyl groups is 1. The minimum Gasteiger partial charge on any atom is -0.462 e. The molecular formula is C77H150O17P2. The molecule has 570 valence electrons. The summed E-state index contributed by atoms with van der Waals surface area (Å²) in [6.45, 7) is 5.00. The van der Waals surface area contributed by atoms with Crippen molar-refractivity contribution in [2.45, 2.75) is 431 Å². The second-order valence-corrected chi connectivity index (χ2v) is 30.7. The standard InChI is InChI=1S/C77H150O17P2/c1-5-9-13-17-21-25-29-32-34-36-38-40-44-48-52-56-60-64-77(82)94-73(68-88-75(80)62-58-54-50-46-43-39-37-35-33-30-26-22-18-14-10-6-2)70-92-96(85,86)90-66-71(78)65-89-95(83,84)91-69-72(67-87-74(79)61-57-53-49-45-41-28-24-20-16-12-8-4)93-76(81)63-59-55-51-47-42-31-27-23-19-15-11-7-3/h71-73,78H,5-70H2,1-4H3,(H,83,84)(H,85,86)/t71-,72+,73+/m0/s1. The Morgan fingerprint density at radius 1 is 0.250 bits per heavy atom. The van der Waals surface area contributed by atoms with Crippen molar-refractivity contribution in [3.63, 3.8) is 0 Å². The second kappa shape index (κ2) is 71.5. The van der Waals surface area contributed by atoms with Gasteiger partial charge in [0, 0.05) is 25.7 Å². The number of phosphoric ester groups is 2. The molecule has 0 amide bonds. The number of hydrogen-bond donors (Lipinski definition) is 3. The molecule has 0 bridgehead atoms. The summed E-state index contributed by atoms with van der Waals surface area (Å²) in [5.41, 5.74) is 0. The van der Waals surface area contributed by atoms with Crippen molar-refractivity contribution in [1.82, 2.24) is 0 Å². The Kier molecular flexibility index (Phi) is 70.0. The first-order valence-electron chi connectivity index (χ1n) is 40.3. The molecule has 0 saturated heterocycles. The molecule has 0 aromatic rings. The Hall–Kier alpha value is -1.94. The summed E-state index contributed by atoms with van der Waals surface area (Å²) in [5, 5.41) is 10.6. The zero-order chi connectivity index (χ0) is 70.4. The molecule has 3 N–H and O–H groups in total. The van der Waals surface area contributed by atoms with E-state index in [4.69, 9.17) is 37.0 Å². The lowest BCUT2D eigenvalue weighted by atomic mass is 10.0. The third kappa shape index (κ3) is 70.5. The van der Waals surface area contributed by atoms with Gasteiger partial charge in [0.05, 0.1) is 26.4 Å². The van der Waals surface area contributed by atoms with E-state index in [2.05, 4.69) is 27.7 Å². The first kappa shape index (κ1) is 94.1. The number of aliphatic hydroxyl groups excluding tert-OH is 1. The van der Waals surface area contributed by atoms with Crippen molar-refractivity contribution >= 4 is 39.5 Å². The van der Waals surface area contributed by atoms with Gasteiger partial charge in [0.2, 0.25) is 0 Å². The molecule has 2 unspecified atom stereocenters. The number of unbranched alkanes of at least 4 members (excludes halogenated alkanes) is 52. The SMILES string of the molecule is CCCCCCCCCCCCCCCCCCCC(=O)O[C@H](COC(=O)CCCCCCCCCCCCCCCCCC)COP(=O)(O)OC[C@@H](O)COP(=O)(O)OC[C@@H](COC(=O)CCCCCCCCCCCCC)OC(=O)CCCCCCCCCCCCCC. The number of rotatable bonds is 78. The molecule has 0 aromatic carbocycles. The normalized spacial score (nSPS) is 13.9. The van der Waals surface area contributed by atoms with Crippen LogP contribution in [0.1, 0.15) is 413 Å². The van der Waals surface area contributed by atoms with E-state index in [1.165, 1.54) is 244 Å². The molecule has 0 saturated carbocycles. The van der Waals surface area contributed by atoms with E-state index in [9.17, 15) is 43.2 Å². The summed E-state index contributed by atoms with van der Waals surface area (Å²) in [6, 6.07) is 0. The first-order valence-corrected chi connectivity index (χ1v) is 43.3. The Balaban J connectivity index is 5.24. The van der Waals surface area contributed by atoms with Crippen molar-refractivity contribution in [2.24, 2.45) is 0 Å². The predicted molar refractivity (Wildman–Crippen MR) is 391 cm³/mol. The summed E-state index contributed by atoms with van der Waals surface area (Å²) in [5.74, 6) is -2.11. The highest BCUT2D eigenvalue weighted by atomic mass is 31.2. The quantitative estimate of drug-likeness (QED) is 0.0222. The highest BCUT2D eigenvalue weighted by Crippen LogP contribution is 2.45. The van der Waals surface area contributed by atoms with Crippen molar-refractivity contribution in [3.8, 4) is 0 Å². The van der Waals surface area contributed by atoms with E-state index in [0.717, 1.165) is 89.9 Å². The molecule has 0 aliphatic rings. The van der Waals surface area contributed by atoms with Crippen molar-refractivity contribution in [1.29, 1.82) is 0 Å². The molecule has 0 fully saturated rings. The lowest BCUT2D eigenvalue weighted by molar-refractivity contribution is -0.161. The van der Waals surface area contributed by atoms with E-state index < -0.39 is 97.5 Å².